The van der Waals surface area contributed by atoms with Gasteiger partial charge in [0.2, 0.25) is 0 Å². The first-order valence-corrected chi connectivity index (χ1v) is 6.21. The van der Waals surface area contributed by atoms with Crippen molar-refractivity contribution in [2.24, 2.45) is 5.92 Å². The second kappa shape index (κ2) is 5.56. The summed E-state index contributed by atoms with van der Waals surface area (Å²) in [5.41, 5.74) is 7.43. The Bertz CT molecular complexity index is 533. The van der Waals surface area contributed by atoms with E-state index in [1.165, 1.54) is 12.8 Å². The molecular formula is C14H17N3O2. The van der Waals surface area contributed by atoms with Crippen LogP contribution in [0.2, 0.25) is 0 Å². The van der Waals surface area contributed by atoms with E-state index in [1.807, 2.05) is 6.92 Å². The standard InChI is InChI=1S/C14H17N3O2/c1-9(10-6-7-10)8-16-14(19)17-13(18)11-4-2-3-5-12(11)15/h2-5,8,10H,6-7,15H2,1H3,(H2,16,17,18,19)/b9-8+. The van der Waals surface area contributed by atoms with Gasteiger partial charge in [-0.2, -0.15) is 0 Å². The highest BCUT2D eigenvalue weighted by Crippen LogP contribution is 2.35. The minimum Gasteiger partial charge on any atom is -0.398 e. The molecule has 0 spiro atoms. The topological polar surface area (TPSA) is 84.2 Å². The number of para-hydroxylation sites is 1. The Morgan fingerprint density at radius 1 is 1.32 bits per heavy atom. The molecule has 5 heteroatoms. The van der Waals surface area contributed by atoms with Crippen LogP contribution in [0.4, 0.5) is 10.5 Å². The monoisotopic (exact) mass is 259 g/mol. The molecule has 0 aromatic heterocycles. The Hall–Kier alpha value is -2.30. The van der Waals surface area contributed by atoms with Crippen molar-refractivity contribution in [2.75, 3.05) is 5.73 Å². The molecule has 1 fully saturated rings. The fraction of sp³-hybridized carbons (Fsp3) is 0.286. The Morgan fingerprint density at radius 3 is 2.63 bits per heavy atom. The zero-order chi connectivity index (χ0) is 13.8. The number of nitrogens with two attached hydrogens (primary N) is 1. The molecule has 0 radical (unpaired) electrons. The van der Waals surface area contributed by atoms with Crippen molar-refractivity contribution in [3.05, 3.63) is 41.6 Å². The van der Waals surface area contributed by atoms with Crippen molar-refractivity contribution < 1.29 is 9.59 Å². The highest BCUT2D eigenvalue weighted by Gasteiger charge is 2.23. The first-order valence-electron chi connectivity index (χ1n) is 6.21. The smallest absolute Gasteiger partial charge is 0.325 e. The lowest BCUT2D eigenvalue weighted by Crippen LogP contribution is -2.37. The van der Waals surface area contributed by atoms with E-state index in [9.17, 15) is 9.59 Å². The molecule has 2 rings (SSSR count). The predicted octanol–water partition coefficient (Wildman–Crippen LogP) is 2.02. The molecule has 0 heterocycles. The normalized spacial score (nSPS) is 14.9. The zero-order valence-corrected chi connectivity index (χ0v) is 10.8. The van der Waals surface area contributed by atoms with E-state index in [-0.39, 0.29) is 0 Å². The predicted molar refractivity (Wildman–Crippen MR) is 73.3 cm³/mol. The first-order chi connectivity index (χ1) is 9.08. The van der Waals surface area contributed by atoms with Gasteiger partial charge in [-0.05, 0) is 37.8 Å². The summed E-state index contributed by atoms with van der Waals surface area (Å²) in [7, 11) is 0. The number of carbonyl (C=O) groups is 2. The molecule has 100 valence electrons. The molecule has 4 N–H and O–H groups in total. The van der Waals surface area contributed by atoms with Gasteiger partial charge in [0.15, 0.2) is 0 Å². The highest BCUT2D eigenvalue weighted by molar-refractivity contribution is 6.07. The van der Waals surface area contributed by atoms with Crippen LogP contribution >= 0.6 is 0 Å². The van der Waals surface area contributed by atoms with E-state index in [0.29, 0.717) is 17.2 Å². The minimum absolute atomic E-state index is 0.292. The van der Waals surface area contributed by atoms with Gasteiger partial charge in [-0.15, -0.1) is 0 Å². The van der Waals surface area contributed by atoms with Gasteiger partial charge in [0.25, 0.3) is 5.91 Å². The minimum atomic E-state index is -0.548. The maximum absolute atomic E-state index is 11.8. The Morgan fingerprint density at radius 2 is 2.00 bits per heavy atom. The summed E-state index contributed by atoms with van der Waals surface area (Å²) in [4.78, 5) is 23.4. The molecule has 3 amide bonds. The van der Waals surface area contributed by atoms with Gasteiger partial charge in [0.1, 0.15) is 0 Å². The average Bonchev–Trinajstić information content (AvgIpc) is 3.20. The lowest BCUT2D eigenvalue weighted by molar-refractivity contribution is 0.0965. The Labute approximate surface area is 111 Å². The molecule has 5 nitrogen and oxygen atoms in total. The summed E-state index contributed by atoms with van der Waals surface area (Å²) in [6.07, 6.45) is 3.99. The molecule has 19 heavy (non-hydrogen) atoms. The number of hydrogen-bond acceptors (Lipinski definition) is 3. The fourth-order valence-corrected chi connectivity index (χ4v) is 1.75. The summed E-state index contributed by atoms with van der Waals surface area (Å²) in [6, 6.07) is 6.06. The Kier molecular flexibility index (Phi) is 3.85. The van der Waals surface area contributed by atoms with Crippen LogP contribution in [0.25, 0.3) is 0 Å². The molecule has 1 saturated carbocycles. The van der Waals surface area contributed by atoms with Crippen LogP contribution in [0, 0.1) is 5.92 Å². The summed E-state index contributed by atoms with van der Waals surface area (Å²) in [5, 5.41) is 4.79. The van der Waals surface area contributed by atoms with Crippen molar-refractivity contribution in [1.29, 1.82) is 0 Å². The van der Waals surface area contributed by atoms with Crippen LogP contribution in [0.5, 0.6) is 0 Å². The van der Waals surface area contributed by atoms with Crippen LogP contribution in [0.15, 0.2) is 36.0 Å². The SMILES string of the molecule is C/C(=C\NC(=O)NC(=O)c1ccccc1N)C1CC1. The van der Waals surface area contributed by atoms with Gasteiger partial charge in [0, 0.05) is 11.9 Å². The van der Waals surface area contributed by atoms with E-state index < -0.39 is 11.9 Å². The van der Waals surface area contributed by atoms with Crippen molar-refractivity contribution in [2.45, 2.75) is 19.8 Å². The molecule has 1 aliphatic carbocycles. The van der Waals surface area contributed by atoms with Crippen molar-refractivity contribution in [3.8, 4) is 0 Å². The van der Waals surface area contributed by atoms with Gasteiger partial charge < -0.3 is 11.1 Å². The van der Waals surface area contributed by atoms with E-state index in [2.05, 4.69) is 10.6 Å². The number of allylic oxidation sites excluding steroid dienone is 1. The van der Waals surface area contributed by atoms with Gasteiger partial charge in [-0.1, -0.05) is 17.7 Å². The summed E-state index contributed by atoms with van der Waals surface area (Å²) >= 11 is 0. The number of anilines is 1. The first kappa shape index (κ1) is 13.1. The largest absolute Gasteiger partial charge is 0.398 e. The number of urea groups is 1. The lowest BCUT2D eigenvalue weighted by atomic mass is 10.2. The number of imide groups is 1. The molecule has 1 aromatic carbocycles. The summed E-state index contributed by atoms with van der Waals surface area (Å²) < 4.78 is 0. The molecule has 0 bridgehead atoms. The van der Waals surface area contributed by atoms with E-state index in [4.69, 9.17) is 5.73 Å². The molecule has 0 atom stereocenters. The zero-order valence-electron chi connectivity index (χ0n) is 10.8. The van der Waals surface area contributed by atoms with Crippen LogP contribution in [-0.4, -0.2) is 11.9 Å². The second-order valence-electron chi connectivity index (χ2n) is 4.68. The van der Waals surface area contributed by atoms with Crippen LogP contribution in [0.3, 0.4) is 0 Å². The lowest BCUT2D eigenvalue weighted by Gasteiger charge is -2.06. The van der Waals surface area contributed by atoms with Gasteiger partial charge in [0.05, 0.1) is 5.56 Å². The number of benzene rings is 1. The number of rotatable bonds is 3. The van der Waals surface area contributed by atoms with Crippen molar-refractivity contribution >= 4 is 17.6 Å². The third-order valence-corrected chi connectivity index (χ3v) is 3.08. The molecule has 0 saturated heterocycles. The van der Waals surface area contributed by atoms with Crippen LogP contribution in [-0.2, 0) is 0 Å². The number of hydrogen-bond donors (Lipinski definition) is 3. The third-order valence-electron chi connectivity index (χ3n) is 3.08. The number of nitrogens with one attached hydrogen (secondary N) is 2. The van der Waals surface area contributed by atoms with Crippen LogP contribution < -0.4 is 16.4 Å². The summed E-state index contributed by atoms with van der Waals surface area (Å²) in [6.45, 7) is 1.97. The average molecular weight is 259 g/mol. The van der Waals surface area contributed by atoms with Gasteiger partial charge in [-0.25, -0.2) is 4.79 Å². The highest BCUT2D eigenvalue weighted by atomic mass is 16.2. The molecular weight excluding hydrogens is 242 g/mol. The van der Waals surface area contributed by atoms with Crippen LogP contribution in [0.1, 0.15) is 30.1 Å². The quantitative estimate of drug-likeness (QED) is 0.726. The maximum Gasteiger partial charge on any atom is 0.325 e. The second-order valence-corrected chi connectivity index (χ2v) is 4.68. The maximum atomic E-state index is 11.8. The molecule has 1 aliphatic rings. The van der Waals surface area contributed by atoms with E-state index in [1.54, 1.807) is 30.5 Å². The Balaban J connectivity index is 1.90. The van der Waals surface area contributed by atoms with Crippen molar-refractivity contribution in [3.63, 3.8) is 0 Å². The summed E-state index contributed by atoms with van der Waals surface area (Å²) in [5.74, 6) is 0.0776. The third kappa shape index (κ3) is 3.58. The van der Waals surface area contributed by atoms with Crippen molar-refractivity contribution in [1.82, 2.24) is 10.6 Å². The number of carbonyl (C=O) groups excluding carboxylic acids is 2. The number of amides is 3. The number of nitrogen functional groups attached to an aromatic ring is 1. The molecule has 0 unspecified atom stereocenters. The fourth-order valence-electron chi connectivity index (χ4n) is 1.75. The molecule has 0 aliphatic heterocycles. The molecule has 1 aromatic rings. The van der Waals surface area contributed by atoms with Gasteiger partial charge >= 0.3 is 6.03 Å². The van der Waals surface area contributed by atoms with E-state index in [0.717, 1.165) is 5.57 Å². The van der Waals surface area contributed by atoms with Gasteiger partial charge in [-0.3, -0.25) is 10.1 Å². The van der Waals surface area contributed by atoms with E-state index >= 15 is 0 Å².